The van der Waals surface area contributed by atoms with Gasteiger partial charge < -0.3 is 10.2 Å². The van der Waals surface area contributed by atoms with Gasteiger partial charge in [-0.2, -0.15) is 5.10 Å². The Morgan fingerprint density at radius 1 is 1.21 bits per heavy atom. The minimum atomic E-state index is 0.357. The van der Waals surface area contributed by atoms with Gasteiger partial charge in [-0.25, -0.2) is 19.6 Å². The molecule has 0 radical (unpaired) electrons. The first-order chi connectivity index (χ1) is 11.5. The van der Waals surface area contributed by atoms with Crippen LogP contribution < -0.4 is 5.73 Å². The molecule has 0 spiro atoms. The maximum Gasteiger partial charge on any atom is 0.182 e. The lowest BCUT2D eigenvalue weighted by molar-refractivity contribution is 0.602. The lowest BCUT2D eigenvalue weighted by atomic mass is 10.1. The summed E-state index contributed by atoms with van der Waals surface area (Å²) < 4.78 is 6.93. The molecule has 0 saturated heterocycles. The van der Waals surface area contributed by atoms with Crippen molar-refractivity contribution < 1.29 is 4.42 Å². The van der Waals surface area contributed by atoms with Gasteiger partial charge in [0.05, 0.1) is 16.4 Å². The van der Waals surface area contributed by atoms with E-state index in [1.165, 1.54) is 6.39 Å². The Bertz CT molecular complexity index is 1070. The number of aryl methyl sites for hydroxylation is 2. The van der Waals surface area contributed by atoms with Crippen molar-refractivity contribution in [2.24, 2.45) is 0 Å². The molecule has 2 N–H and O–H groups in total. The van der Waals surface area contributed by atoms with Crippen LogP contribution in [-0.2, 0) is 0 Å². The van der Waals surface area contributed by atoms with Gasteiger partial charge in [-0.1, -0.05) is 11.6 Å². The highest BCUT2D eigenvalue weighted by Gasteiger charge is 2.17. The van der Waals surface area contributed by atoms with Crippen LogP contribution in [0.2, 0.25) is 5.02 Å². The molecular weight excluding hydrogens is 328 g/mol. The second-order valence-corrected chi connectivity index (χ2v) is 5.83. The fraction of sp³-hybridized carbons (Fsp3) is 0.125. The number of nitrogens with zero attached hydrogens (tertiary/aromatic N) is 5. The highest BCUT2D eigenvalue weighted by molar-refractivity contribution is 6.35. The van der Waals surface area contributed by atoms with E-state index in [-0.39, 0.29) is 0 Å². The molecule has 0 saturated carbocycles. The van der Waals surface area contributed by atoms with Crippen LogP contribution in [0.15, 0.2) is 35.2 Å². The molecule has 0 fully saturated rings. The Labute approximate surface area is 142 Å². The Balaban J connectivity index is 2.00. The lowest BCUT2D eigenvalue weighted by Gasteiger charge is -2.11. The zero-order chi connectivity index (χ0) is 16.8. The number of nitrogen functional groups attached to an aromatic ring is 1. The summed E-state index contributed by atoms with van der Waals surface area (Å²) in [5.74, 6) is 0.889. The molecule has 3 heterocycles. The summed E-state index contributed by atoms with van der Waals surface area (Å²) in [6.45, 7) is 3.71. The van der Waals surface area contributed by atoms with Gasteiger partial charge in [-0.3, -0.25) is 0 Å². The van der Waals surface area contributed by atoms with E-state index in [0.29, 0.717) is 39.1 Å². The van der Waals surface area contributed by atoms with Crippen molar-refractivity contribution in [3.8, 4) is 17.1 Å². The van der Waals surface area contributed by atoms with Gasteiger partial charge in [-0.05, 0) is 32.0 Å². The number of halogens is 1. The Morgan fingerprint density at radius 3 is 2.79 bits per heavy atom. The van der Waals surface area contributed by atoms with Gasteiger partial charge in [0.2, 0.25) is 0 Å². The second kappa shape index (κ2) is 5.31. The second-order valence-electron chi connectivity index (χ2n) is 5.43. The monoisotopic (exact) mass is 340 g/mol. The minimum Gasteiger partial charge on any atom is -0.442 e. The normalized spacial score (nSPS) is 11.3. The summed E-state index contributed by atoms with van der Waals surface area (Å²) in [7, 11) is 0. The predicted octanol–water partition coefficient (Wildman–Crippen LogP) is 3.32. The topological polar surface area (TPSA) is 95.7 Å². The first kappa shape index (κ1) is 14.6. The fourth-order valence-electron chi connectivity index (χ4n) is 2.47. The van der Waals surface area contributed by atoms with Crippen molar-refractivity contribution in [2.75, 3.05) is 5.73 Å². The molecule has 0 aliphatic heterocycles. The molecule has 0 amide bonds. The summed E-state index contributed by atoms with van der Waals surface area (Å²) in [5.41, 5.74) is 10.0. The highest BCUT2D eigenvalue weighted by Crippen LogP contribution is 2.32. The number of oxazole rings is 1. The quantitative estimate of drug-likeness (QED) is 0.601. The molecule has 7 nitrogen and oxygen atoms in total. The van der Waals surface area contributed by atoms with Crippen LogP contribution >= 0.6 is 11.6 Å². The zero-order valence-corrected chi connectivity index (χ0v) is 13.7. The number of fused-ring (bicyclic) bond motifs is 1. The number of nitrogens with two attached hydrogens (primary N) is 1. The molecule has 24 heavy (non-hydrogen) atoms. The molecule has 1 aromatic carbocycles. The van der Waals surface area contributed by atoms with Crippen molar-refractivity contribution >= 4 is 28.5 Å². The smallest absolute Gasteiger partial charge is 0.182 e. The molecule has 3 aromatic heterocycles. The number of anilines is 1. The third-order valence-corrected chi connectivity index (χ3v) is 3.97. The SMILES string of the molecule is Cc1ccn(-c2nc(N)c(C)nc2-c2cc(Cl)c3ocnc3c2)n1. The third-order valence-electron chi connectivity index (χ3n) is 3.69. The highest BCUT2D eigenvalue weighted by atomic mass is 35.5. The number of benzene rings is 1. The van der Waals surface area contributed by atoms with Crippen molar-refractivity contribution in [3.63, 3.8) is 0 Å². The number of hydrogen-bond donors (Lipinski definition) is 1. The number of aromatic nitrogens is 5. The molecule has 8 heteroatoms. The van der Waals surface area contributed by atoms with Crippen LogP contribution in [0.4, 0.5) is 5.82 Å². The van der Waals surface area contributed by atoms with E-state index in [2.05, 4.69) is 20.1 Å². The molecule has 120 valence electrons. The molecule has 4 aromatic rings. The molecule has 0 aliphatic carbocycles. The predicted molar refractivity (Wildman–Crippen MR) is 91.1 cm³/mol. The number of rotatable bonds is 2. The largest absolute Gasteiger partial charge is 0.442 e. The van der Waals surface area contributed by atoms with Gasteiger partial charge in [0.1, 0.15) is 17.0 Å². The van der Waals surface area contributed by atoms with E-state index in [1.807, 2.05) is 25.3 Å². The van der Waals surface area contributed by atoms with Crippen molar-refractivity contribution in [1.82, 2.24) is 24.7 Å². The molecule has 0 bridgehead atoms. The summed E-state index contributed by atoms with van der Waals surface area (Å²) in [4.78, 5) is 13.2. The average Bonchev–Trinajstić information content (AvgIpc) is 3.18. The van der Waals surface area contributed by atoms with Gasteiger partial charge in [-0.15, -0.1) is 0 Å². The van der Waals surface area contributed by atoms with Crippen molar-refractivity contribution in [3.05, 3.63) is 47.2 Å². The maximum atomic E-state index is 6.30. The van der Waals surface area contributed by atoms with Crippen molar-refractivity contribution in [1.29, 1.82) is 0 Å². The van der Waals surface area contributed by atoms with Crippen LogP contribution in [0.5, 0.6) is 0 Å². The van der Waals surface area contributed by atoms with Gasteiger partial charge in [0.15, 0.2) is 17.8 Å². The Hall–Kier alpha value is -2.93. The first-order valence-electron chi connectivity index (χ1n) is 7.23. The molecule has 0 unspecified atom stereocenters. The van der Waals surface area contributed by atoms with E-state index >= 15 is 0 Å². The van der Waals surface area contributed by atoms with Crippen LogP contribution in [0, 0.1) is 13.8 Å². The van der Waals surface area contributed by atoms with E-state index in [1.54, 1.807) is 17.7 Å². The minimum absolute atomic E-state index is 0.357. The Kier molecular flexibility index (Phi) is 3.24. The number of hydrogen-bond acceptors (Lipinski definition) is 6. The van der Waals surface area contributed by atoms with E-state index in [0.717, 1.165) is 11.3 Å². The van der Waals surface area contributed by atoms with E-state index in [9.17, 15) is 0 Å². The zero-order valence-electron chi connectivity index (χ0n) is 13.0. The lowest BCUT2D eigenvalue weighted by Crippen LogP contribution is -2.08. The van der Waals surface area contributed by atoms with Crippen LogP contribution in [0.3, 0.4) is 0 Å². The van der Waals surface area contributed by atoms with Crippen LogP contribution in [-0.4, -0.2) is 24.7 Å². The molecule has 4 rings (SSSR count). The molecule has 0 aliphatic rings. The van der Waals surface area contributed by atoms with Crippen LogP contribution in [0.25, 0.3) is 28.2 Å². The molecular formula is C16H13ClN6O. The summed E-state index contributed by atoms with van der Waals surface area (Å²) in [6.07, 6.45) is 3.17. The Morgan fingerprint density at radius 2 is 2.04 bits per heavy atom. The van der Waals surface area contributed by atoms with Crippen molar-refractivity contribution in [2.45, 2.75) is 13.8 Å². The summed E-state index contributed by atoms with van der Waals surface area (Å²) in [5, 5.41) is 4.86. The average molecular weight is 341 g/mol. The van der Waals surface area contributed by atoms with Gasteiger partial charge in [0, 0.05) is 11.8 Å². The van der Waals surface area contributed by atoms with E-state index < -0.39 is 0 Å². The summed E-state index contributed by atoms with van der Waals surface area (Å²) in [6, 6.07) is 5.51. The van der Waals surface area contributed by atoms with Gasteiger partial charge >= 0.3 is 0 Å². The van der Waals surface area contributed by atoms with Crippen LogP contribution in [0.1, 0.15) is 11.4 Å². The summed E-state index contributed by atoms with van der Waals surface area (Å²) >= 11 is 6.30. The maximum absolute atomic E-state index is 6.30. The molecule has 0 atom stereocenters. The van der Waals surface area contributed by atoms with Gasteiger partial charge in [0.25, 0.3) is 0 Å². The first-order valence-corrected chi connectivity index (χ1v) is 7.60. The fourth-order valence-corrected chi connectivity index (χ4v) is 2.73. The van der Waals surface area contributed by atoms with E-state index in [4.69, 9.17) is 21.8 Å². The third kappa shape index (κ3) is 2.30. The standard InChI is InChI=1S/C16H13ClN6O/c1-8-3-4-23(22-8)16-13(20-9(2)15(18)21-16)10-5-11(17)14-12(6-10)19-7-24-14/h3-7H,1-2H3,(H2,18,21).